The van der Waals surface area contributed by atoms with E-state index in [1.165, 1.54) is 6.34 Å². The van der Waals surface area contributed by atoms with Crippen molar-refractivity contribution >= 4 is 17.8 Å². The van der Waals surface area contributed by atoms with Crippen LogP contribution in [0.4, 0.5) is 0 Å². The van der Waals surface area contributed by atoms with Gasteiger partial charge in [-0.1, -0.05) is 12.5 Å². The van der Waals surface area contributed by atoms with Gasteiger partial charge in [0.1, 0.15) is 17.8 Å². The average Bonchev–Trinajstić information content (AvgIpc) is 3.13. The summed E-state index contributed by atoms with van der Waals surface area (Å²) in [4.78, 5) is 10.6. The lowest BCUT2D eigenvalue weighted by molar-refractivity contribution is 0.112. The maximum atomic E-state index is 8.42. The van der Waals surface area contributed by atoms with Gasteiger partial charge in [0.2, 0.25) is 0 Å². The van der Waals surface area contributed by atoms with Crippen LogP contribution < -0.4 is 5.73 Å². The number of aliphatic imine (C=N–C) groups is 2. The van der Waals surface area contributed by atoms with Crippen LogP contribution in [0, 0.1) is 17.8 Å². The Morgan fingerprint density at radius 1 is 1.33 bits per heavy atom. The zero-order valence-electron chi connectivity index (χ0n) is 16.5. The summed E-state index contributed by atoms with van der Waals surface area (Å²) in [5.74, 6) is 3.77. The van der Waals surface area contributed by atoms with Gasteiger partial charge in [-0.3, -0.25) is 5.41 Å². The van der Waals surface area contributed by atoms with E-state index in [0.717, 1.165) is 38.8 Å². The molecule has 2 aliphatic rings. The summed E-state index contributed by atoms with van der Waals surface area (Å²) in [5, 5.41) is 8.42. The highest BCUT2D eigenvalue weighted by atomic mass is 16.5. The summed E-state index contributed by atoms with van der Waals surface area (Å²) in [6.45, 7) is 11.5. The van der Waals surface area contributed by atoms with Crippen LogP contribution in [-0.4, -0.2) is 41.4 Å². The molecule has 0 atom stereocenters. The standard InChI is InChI=1S/C21H29N5O/c1-6-19(22)18(13-15(2)27-21(5)9-10-21)20(23)16(3)24-14-25-17(4)26-11-7-8-12-26/h1,13-14,23H,4,7-12,22H2,2-3,5H3/b15-13+,19-18-,23-20?,24-16?,25-14-. The molecule has 2 fully saturated rings. The first kappa shape index (κ1) is 20.5. The number of terminal acetylenes is 1. The van der Waals surface area contributed by atoms with Gasteiger partial charge < -0.3 is 15.4 Å². The Labute approximate surface area is 162 Å². The van der Waals surface area contributed by atoms with Crippen molar-refractivity contribution in [3.8, 4) is 12.3 Å². The van der Waals surface area contributed by atoms with E-state index in [9.17, 15) is 0 Å². The molecule has 3 N–H and O–H groups in total. The molecular formula is C21H29N5O. The van der Waals surface area contributed by atoms with Crippen LogP contribution in [0.25, 0.3) is 0 Å². The number of ether oxygens (including phenoxy) is 1. The summed E-state index contributed by atoms with van der Waals surface area (Å²) < 4.78 is 5.90. The second-order valence-electron chi connectivity index (χ2n) is 7.22. The van der Waals surface area contributed by atoms with Crippen molar-refractivity contribution in [2.24, 2.45) is 15.7 Å². The third-order valence-electron chi connectivity index (χ3n) is 4.72. The van der Waals surface area contributed by atoms with E-state index >= 15 is 0 Å². The molecule has 144 valence electrons. The van der Waals surface area contributed by atoms with Crippen molar-refractivity contribution in [3.05, 3.63) is 35.5 Å². The summed E-state index contributed by atoms with van der Waals surface area (Å²) in [5.41, 5.74) is 7.04. The molecule has 2 rings (SSSR count). The van der Waals surface area contributed by atoms with Crippen LogP contribution >= 0.6 is 0 Å². The predicted octanol–water partition coefficient (Wildman–Crippen LogP) is 3.38. The number of rotatable bonds is 8. The minimum absolute atomic E-state index is 0.107. The first-order chi connectivity index (χ1) is 12.8. The van der Waals surface area contributed by atoms with Crippen LogP contribution in [0.1, 0.15) is 46.5 Å². The monoisotopic (exact) mass is 367 g/mol. The zero-order valence-corrected chi connectivity index (χ0v) is 16.5. The molecule has 1 heterocycles. The van der Waals surface area contributed by atoms with Crippen molar-refractivity contribution in [2.45, 2.75) is 52.1 Å². The molecule has 0 bridgehead atoms. The maximum absolute atomic E-state index is 8.42. The highest BCUT2D eigenvalue weighted by Crippen LogP contribution is 2.40. The molecule has 1 aliphatic carbocycles. The molecule has 1 aliphatic heterocycles. The number of hydrogen-bond acceptors (Lipinski definition) is 5. The van der Waals surface area contributed by atoms with E-state index in [1.54, 1.807) is 13.0 Å². The van der Waals surface area contributed by atoms with Gasteiger partial charge in [0.25, 0.3) is 0 Å². The van der Waals surface area contributed by atoms with Gasteiger partial charge in [0, 0.05) is 18.7 Å². The summed E-state index contributed by atoms with van der Waals surface area (Å²) >= 11 is 0. The summed E-state index contributed by atoms with van der Waals surface area (Å²) in [6.07, 6.45) is 13.0. The molecule has 27 heavy (non-hydrogen) atoms. The van der Waals surface area contributed by atoms with E-state index in [-0.39, 0.29) is 17.0 Å². The average molecular weight is 367 g/mol. The predicted molar refractivity (Wildman–Crippen MR) is 112 cm³/mol. The Morgan fingerprint density at radius 3 is 2.52 bits per heavy atom. The number of nitrogens with zero attached hydrogens (tertiary/aromatic N) is 3. The Hall–Kier alpha value is -2.81. The van der Waals surface area contributed by atoms with Gasteiger partial charge in [0.05, 0.1) is 22.9 Å². The largest absolute Gasteiger partial charge is 0.492 e. The lowest BCUT2D eigenvalue weighted by atomic mass is 10.0. The molecule has 0 spiro atoms. The smallest absolute Gasteiger partial charge is 0.123 e. The lowest BCUT2D eigenvalue weighted by Gasteiger charge is -2.15. The third kappa shape index (κ3) is 5.85. The van der Waals surface area contributed by atoms with E-state index in [2.05, 4.69) is 34.3 Å². The van der Waals surface area contributed by atoms with Gasteiger partial charge in [-0.2, -0.15) is 0 Å². The summed E-state index contributed by atoms with van der Waals surface area (Å²) in [6, 6.07) is 0. The molecule has 6 nitrogen and oxygen atoms in total. The first-order valence-corrected chi connectivity index (χ1v) is 9.19. The molecule has 1 saturated heterocycles. The zero-order chi connectivity index (χ0) is 20.0. The number of likely N-dealkylation sites (tertiary alicyclic amines) is 1. The van der Waals surface area contributed by atoms with Crippen molar-refractivity contribution in [1.82, 2.24) is 4.90 Å². The number of allylic oxidation sites excluding steroid dienone is 4. The molecule has 1 saturated carbocycles. The van der Waals surface area contributed by atoms with Gasteiger partial charge in [-0.05, 0) is 52.5 Å². The van der Waals surface area contributed by atoms with E-state index in [0.29, 0.717) is 22.9 Å². The highest BCUT2D eigenvalue weighted by molar-refractivity contribution is 6.48. The second-order valence-corrected chi connectivity index (χ2v) is 7.22. The molecule has 6 heteroatoms. The maximum Gasteiger partial charge on any atom is 0.123 e. The van der Waals surface area contributed by atoms with Crippen molar-refractivity contribution in [2.75, 3.05) is 13.1 Å². The topological polar surface area (TPSA) is 87.1 Å². The van der Waals surface area contributed by atoms with Crippen LogP contribution in [0.5, 0.6) is 0 Å². The van der Waals surface area contributed by atoms with Gasteiger partial charge in [0.15, 0.2) is 0 Å². The number of nitrogens with two attached hydrogens (primary N) is 1. The number of nitrogens with one attached hydrogen (secondary N) is 1. The first-order valence-electron chi connectivity index (χ1n) is 9.19. The SMILES string of the molecule is C#C/C(N)=C(\C=C(/C)OC1(C)CC1)C(=N)C(C)=N/C=N\C(=C)N1CCCC1. The fraction of sp³-hybridized carbons (Fsp3) is 0.476. The summed E-state index contributed by atoms with van der Waals surface area (Å²) in [7, 11) is 0. The van der Waals surface area contributed by atoms with E-state index < -0.39 is 0 Å². The quantitative estimate of drug-likeness (QED) is 0.227. The Kier molecular flexibility index (Phi) is 6.62. The lowest BCUT2D eigenvalue weighted by Crippen LogP contribution is -2.17. The Morgan fingerprint density at radius 2 is 1.96 bits per heavy atom. The Bertz CT molecular complexity index is 769. The molecule has 0 aromatic carbocycles. The minimum atomic E-state index is -0.107. The van der Waals surface area contributed by atoms with Gasteiger partial charge >= 0.3 is 0 Å². The van der Waals surface area contributed by atoms with Crippen LogP contribution in [0.15, 0.2) is 45.5 Å². The molecule has 0 aromatic heterocycles. The van der Waals surface area contributed by atoms with Crippen molar-refractivity contribution < 1.29 is 4.74 Å². The number of hydrogen-bond donors (Lipinski definition) is 2. The molecule has 0 aromatic rings. The van der Waals surface area contributed by atoms with Crippen LogP contribution in [0.3, 0.4) is 0 Å². The molecule has 0 unspecified atom stereocenters. The minimum Gasteiger partial charge on any atom is -0.492 e. The normalized spacial score (nSPS) is 20.3. The van der Waals surface area contributed by atoms with Crippen molar-refractivity contribution in [3.63, 3.8) is 0 Å². The van der Waals surface area contributed by atoms with Crippen molar-refractivity contribution in [1.29, 1.82) is 5.41 Å². The fourth-order valence-electron chi connectivity index (χ4n) is 2.76. The third-order valence-corrected chi connectivity index (χ3v) is 4.72. The van der Waals surface area contributed by atoms with E-state index in [4.69, 9.17) is 22.3 Å². The molecule has 0 radical (unpaired) electrons. The van der Waals surface area contributed by atoms with Gasteiger partial charge in [-0.15, -0.1) is 6.42 Å². The van der Waals surface area contributed by atoms with E-state index in [1.807, 2.05) is 6.92 Å². The van der Waals surface area contributed by atoms with Crippen LogP contribution in [0.2, 0.25) is 0 Å². The fourth-order valence-corrected chi connectivity index (χ4v) is 2.76. The van der Waals surface area contributed by atoms with Crippen LogP contribution in [-0.2, 0) is 4.74 Å². The van der Waals surface area contributed by atoms with Gasteiger partial charge in [-0.25, -0.2) is 9.98 Å². The Balaban J connectivity index is 2.10. The molecule has 0 amide bonds. The second kappa shape index (κ2) is 8.72. The molecular weight excluding hydrogens is 338 g/mol. The highest BCUT2D eigenvalue weighted by Gasteiger charge is 2.40.